The van der Waals surface area contributed by atoms with Gasteiger partial charge in [0.1, 0.15) is 0 Å². The van der Waals surface area contributed by atoms with Crippen LogP contribution in [0.5, 0.6) is 0 Å². The molecule has 0 bridgehead atoms. The van der Waals surface area contributed by atoms with Gasteiger partial charge in [0, 0.05) is 6.54 Å². The largest absolute Gasteiger partial charge is 0.382 e. The Balaban J connectivity index is 2.15. The summed E-state index contributed by atoms with van der Waals surface area (Å²) in [5.74, 6) is 0. The fourth-order valence-electron chi connectivity index (χ4n) is 1.13. The van der Waals surface area contributed by atoms with Gasteiger partial charge in [0.05, 0.1) is 23.9 Å². The number of halogens is 1. The zero-order chi connectivity index (χ0) is 10.9. The van der Waals surface area contributed by atoms with E-state index in [0.29, 0.717) is 6.61 Å². The van der Waals surface area contributed by atoms with E-state index in [9.17, 15) is 0 Å². The van der Waals surface area contributed by atoms with Crippen LogP contribution in [0.1, 0.15) is 6.42 Å². The van der Waals surface area contributed by atoms with Crippen LogP contribution in [0.15, 0.2) is 36.9 Å². The van der Waals surface area contributed by atoms with Crippen molar-refractivity contribution in [3.63, 3.8) is 0 Å². The van der Waals surface area contributed by atoms with Crippen molar-refractivity contribution in [2.24, 2.45) is 0 Å². The fourth-order valence-corrected chi connectivity index (χ4v) is 1.33. The molecule has 0 aliphatic carbocycles. The monoisotopic (exact) mass is 225 g/mol. The van der Waals surface area contributed by atoms with E-state index >= 15 is 0 Å². The molecular weight excluding hydrogens is 210 g/mol. The highest BCUT2D eigenvalue weighted by Gasteiger charge is 1.96. The van der Waals surface area contributed by atoms with Crippen LogP contribution in [0.4, 0.5) is 5.69 Å². The molecule has 2 nitrogen and oxygen atoms in total. The Kier molecular flexibility index (Phi) is 5.90. The normalized spacial score (nSPS) is 9.93. The molecule has 1 N–H and O–H groups in total. The lowest BCUT2D eigenvalue weighted by molar-refractivity contribution is 0.149. The highest BCUT2D eigenvalue weighted by molar-refractivity contribution is 6.33. The van der Waals surface area contributed by atoms with Crippen molar-refractivity contribution in [1.29, 1.82) is 0 Å². The summed E-state index contributed by atoms with van der Waals surface area (Å²) in [5.41, 5.74) is 0.950. The smallest absolute Gasteiger partial charge is 0.0639 e. The first-order valence-electron chi connectivity index (χ1n) is 5.01. The minimum Gasteiger partial charge on any atom is -0.382 e. The van der Waals surface area contributed by atoms with E-state index in [2.05, 4.69) is 11.9 Å². The topological polar surface area (TPSA) is 21.3 Å². The minimum absolute atomic E-state index is 0.680. The van der Waals surface area contributed by atoms with Crippen LogP contribution in [-0.4, -0.2) is 19.8 Å². The Morgan fingerprint density at radius 1 is 1.33 bits per heavy atom. The van der Waals surface area contributed by atoms with Crippen molar-refractivity contribution in [2.45, 2.75) is 6.42 Å². The predicted molar refractivity (Wildman–Crippen MR) is 65.6 cm³/mol. The number of hydrogen-bond acceptors (Lipinski definition) is 2. The molecule has 1 aromatic rings. The minimum atomic E-state index is 0.680. The zero-order valence-electron chi connectivity index (χ0n) is 8.71. The standard InChI is InChI=1S/C12H16ClNO/c1-2-3-9-15-10-8-14-12-7-5-4-6-11(12)13/h2,4-7,14H,1,3,8-10H2. The van der Waals surface area contributed by atoms with E-state index in [1.807, 2.05) is 30.3 Å². The van der Waals surface area contributed by atoms with Crippen LogP contribution in [-0.2, 0) is 4.74 Å². The molecule has 0 heterocycles. The van der Waals surface area contributed by atoms with Crippen molar-refractivity contribution < 1.29 is 4.74 Å². The number of nitrogens with one attached hydrogen (secondary N) is 1. The van der Waals surface area contributed by atoms with Gasteiger partial charge in [0.2, 0.25) is 0 Å². The van der Waals surface area contributed by atoms with Crippen LogP contribution >= 0.6 is 11.6 Å². The van der Waals surface area contributed by atoms with E-state index in [4.69, 9.17) is 16.3 Å². The third-order valence-corrected chi connectivity index (χ3v) is 2.23. The lowest BCUT2D eigenvalue weighted by Crippen LogP contribution is -2.09. The molecule has 82 valence electrons. The van der Waals surface area contributed by atoms with Gasteiger partial charge in [-0.25, -0.2) is 0 Å². The first-order chi connectivity index (χ1) is 7.34. The van der Waals surface area contributed by atoms with E-state index in [1.165, 1.54) is 0 Å². The highest BCUT2D eigenvalue weighted by Crippen LogP contribution is 2.19. The quantitative estimate of drug-likeness (QED) is 0.568. The molecule has 0 amide bonds. The number of hydrogen-bond donors (Lipinski definition) is 1. The molecule has 0 fully saturated rings. The molecule has 1 rings (SSSR count). The Morgan fingerprint density at radius 2 is 2.13 bits per heavy atom. The lowest BCUT2D eigenvalue weighted by Gasteiger charge is -2.08. The maximum Gasteiger partial charge on any atom is 0.0639 e. The fraction of sp³-hybridized carbons (Fsp3) is 0.333. The summed E-state index contributed by atoms with van der Waals surface area (Å²) in [6.07, 6.45) is 2.74. The van der Waals surface area contributed by atoms with Crippen molar-refractivity contribution in [3.8, 4) is 0 Å². The van der Waals surface area contributed by atoms with Crippen molar-refractivity contribution >= 4 is 17.3 Å². The van der Waals surface area contributed by atoms with Gasteiger partial charge in [0.15, 0.2) is 0 Å². The van der Waals surface area contributed by atoms with Gasteiger partial charge in [-0.05, 0) is 18.6 Å². The first-order valence-corrected chi connectivity index (χ1v) is 5.39. The average Bonchev–Trinajstić information content (AvgIpc) is 2.25. The summed E-state index contributed by atoms with van der Waals surface area (Å²) in [6.45, 7) is 5.80. The van der Waals surface area contributed by atoms with Crippen LogP contribution in [0, 0.1) is 0 Å². The van der Waals surface area contributed by atoms with Gasteiger partial charge in [-0.3, -0.25) is 0 Å². The van der Waals surface area contributed by atoms with Crippen LogP contribution in [0.2, 0.25) is 5.02 Å². The van der Waals surface area contributed by atoms with Gasteiger partial charge in [-0.2, -0.15) is 0 Å². The van der Waals surface area contributed by atoms with Gasteiger partial charge >= 0.3 is 0 Å². The molecule has 0 radical (unpaired) electrons. The number of ether oxygens (including phenoxy) is 1. The average molecular weight is 226 g/mol. The number of rotatable bonds is 7. The van der Waals surface area contributed by atoms with Crippen molar-refractivity contribution in [2.75, 3.05) is 25.1 Å². The Labute approximate surface area is 95.9 Å². The Bertz CT molecular complexity index is 301. The van der Waals surface area contributed by atoms with Crippen molar-refractivity contribution in [3.05, 3.63) is 41.9 Å². The molecule has 0 saturated heterocycles. The molecule has 0 saturated carbocycles. The molecule has 0 aliphatic rings. The van der Waals surface area contributed by atoms with Gasteiger partial charge in [0.25, 0.3) is 0 Å². The second-order valence-corrected chi connectivity index (χ2v) is 3.50. The van der Waals surface area contributed by atoms with Gasteiger partial charge in [-0.15, -0.1) is 6.58 Å². The summed E-state index contributed by atoms with van der Waals surface area (Å²) in [7, 11) is 0. The first kappa shape index (κ1) is 12.1. The van der Waals surface area contributed by atoms with E-state index in [-0.39, 0.29) is 0 Å². The summed E-state index contributed by atoms with van der Waals surface area (Å²) in [6, 6.07) is 7.68. The van der Waals surface area contributed by atoms with E-state index < -0.39 is 0 Å². The lowest BCUT2D eigenvalue weighted by atomic mass is 10.3. The molecular formula is C12H16ClNO. The third kappa shape index (κ3) is 4.86. The summed E-state index contributed by atoms with van der Waals surface area (Å²) in [4.78, 5) is 0. The SMILES string of the molecule is C=CCCOCCNc1ccccc1Cl. The number of anilines is 1. The zero-order valence-corrected chi connectivity index (χ0v) is 9.46. The Hall–Kier alpha value is -0.990. The van der Waals surface area contributed by atoms with Crippen LogP contribution in [0.3, 0.4) is 0 Å². The molecule has 15 heavy (non-hydrogen) atoms. The highest BCUT2D eigenvalue weighted by atomic mass is 35.5. The van der Waals surface area contributed by atoms with E-state index in [1.54, 1.807) is 0 Å². The van der Waals surface area contributed by atoms with E-state index in [0.717, 1.165) is 30.3 Å². The number of para-hydroxylation sites is 1. The maximum atomic E-state index is 5.97. The van der Waals surface area contributed by atoms with Crippen molar-refractivity contribution in [1.82, 2.24) is 0 Å². The summed E-state index contributed by atoms with van der Waals surface area (Å²) in [5, 5.41) is 3.95. The molecule has 0 atom stereocenters. The molecule has 0 aromatic heterocycles. The predicted octanol–water partition coefficient (Wildman–Crippen LogP) is 3.34. The second kappa shape index (κ2) is 7.32. The molecule has 0 unspecified atom stereocenters. The van der Waals surface area contributed by atoms with Crippen LogP contribution in [0.25, 0.3) is 0 Å². The molecule has 1 aromatic carbocycles. The summed E-state index contributed by atoms with van der Waals surface area (Å²) >= 11 is 5.97. The molecule has 3 heteroatoms. The molecule has 0 aliphatic heterocycles. The second-order valence-electron chi connectivity index (χ2n) is 3.10. The number of benzene rings is 1. The maximum absolute atomic E-state index is 5.97. The van der Waals surface area contributed by atoms with Gasteiger partial charge < -0.3 is 10.1 Å². The Morgan fingerprint density at radius 3 is 2.87 bits per heavy atom. The van der Waals surface area contributed by atoms with Crippen LogP contribution < -0.4 is 5.32 Å². The third-order valence-electron chi connectivity index (χ3n) is 1.90. The van der Waals surface area contributed by atoms with Gasteiger partial charge in [-0.1, -0.05) is 29.8 Å². The molecule has 0 spiro atoms. The summed E-state index contributed by atoms with van der Waals surface area (Å²) < 4.78 is 5.36.